The van der Waals surface area contributed by atoms with Gasteiger partial charge < -0.3 is 9.64 Å². The molecule has 1 aliphatic rings. The lowest BCUT2D eigenvalue weighted by atomic mass is 10.1. The molecule has 0 aliphatic carbocycles. The fourth-order valence-electron chi connectivity index (χ4n) is 3.59. The standard InChI is InChI=1S/C24H33N3O2/c1-2-3-4-7-20-29-23-11-9-21(10-12-23)24(28)27-18-16-26(17-19-27)15-13-22-8-5-6-14-25-22/h5-6,8-12,14H,2-4,7,13,15-20H2,1H3. The molecule has 5 nitrogen and oxygen atoms in total. The largest absolute Gasteiger partial charge is 0.494 e. The van der Waals surface area contributed by atoms with Gasteiger partial charge >= 0.3 is 0 Å². The van der Waals surface area contributed by atoms with Crippen LogP contribution in [0.4, 0.5) is 0 Å². The van der Waals surface area contributed by atoms with Crippen molar-refractivity contribution in [2.75, 3.05) is 39.3 Å². The fourth-order valence-corrected chi connectivity index (χ4v) is 3.59. The van der Waals surface area contributed by atoms with E-state index < -0.39 is 0 Å². The predicted octanol–water partition coefficient (Wildman–Crippen LogP) is 4.04. The Morgan fingerprint density at radius 3 is 2.48 bits per heavy atom. The number of aromatic nitrogens is 1. The van der Waals surface area contributed by atoms with Gasteiger partial charge in [0.05, 0.1) is 6.61 Å². The van der Waals surface area contributed by atoms with Gasteiger partial charge in [0.1, 0.15) is 5.75 Å². The zero-order chi connectivity index (χ0) is 20.3. The highest BCUT2D eigenvalue weighted by atomic mass is 16.5. The Hall–Kier alpha value is -2.40. The summed E-state index contributed by atoms with van der Waals surface area (Å²) in [6.45, 7) is 7.32. The van der Waals surface area contributed by atoms with Crippen LogP contribution in [0.1, 0.15) is 48.7 Å². The summed E-state index contributed by atoms with van der Waals surface area (Å²) in [6.07, 6.45) is 7.58. The van der Waals surface area contributed by atoms with Crippen LogP contribution in [0.5, 0.6) is 5.75 Å². The third-order valence-corrected chi connectivity index (χ3v) is 5.44. The van der Waals surface area contributed by atoms with E-state index in [0.717, 1.165) is 69.2 Å². The van der Waals surface area contributed by atoms with Crippen molar-refractivity contribution in [3.63, 3.8) is 0 Å². The lowest BCUT2D eigenvalue weighted by Crippen LogP contribution is -2.49. The Morgan fingerprint density at radius 2 is 1.79 bits per heavy atom. The van der Waals surface area contributed by atoms with Gasteiger partial charge in [-0.05, 0) is 42.8 Å². The van der Waals surface area contributed by atoms with Crippen molar-refractivity contribution in [3.05, 3.63) is 59.9 Å². The van der Waals surface area contributed by atoms with Crippen LogP contribution in [0.2, 0.25) is 0 Å². The number of pyridine rings is 1. The highest BCUT2D eigenvalue weighted by Gasteiger charge is 2.22. The maximum Gasteiger partial charge on any atom is 0.253 e. The highest BCUT2D eigenvalue weighted by molar-refractivity contribution is 5.94. The van der Waals surface area contributed by atoms with Gasteiger partial charge in [0.2, 0.25) is 0 Å². The number of rotatable bonds is 10. The molecule has 0 N–H and O–H groups in total. The highest BCUT2D eigenvalue weighted by Crippen LogP contribution is 2.16. The van der Waals surface area contributed by atoms with Crippen molar-refractivity contribution in [2.24, 2.45) is 0 Å². The van der Waals surface area contributed by atoms with Crippen molar-refractivity contribution >= 4 is 5.91 Å². The first kappa shape index (κ1) is 21.3. The van der Waals surface area contributed by atoms with E-state index in [1.165, 1.54) is 19.3 Å². The molecule has 0 spiro atoms. The van der Waals surface area contributed by atoms with Crippen molar-refractivity contribution in [2.45, 2.75) is 39.0 Å². The topological polar surface area (TPSA) is 45.7 Å². The van der Waals surface area contributed by atoms with Gasteiger partial charge in [0, 0.05) is 56.6 Å². The van der Waals surface area contributed by atoms with Crippen molar-refractivity contribution in [1.29, 1.82) is 0 Å². The Morgan fingerprint density at radius 1 is 1.00 bits per heavy atom. The molecule has 2 heterocycles. The number of carbonyl (C=O) groups excluding carboxylic acids is 1. The minimum atomic E-state index is 0.115. The Labute approximate surface area is 174 Å². The van der Waals surface area contributed by atoms with E-state index in [-0.39, 0.29) is 5.91 Å². The number of nitrogens with zero attached hydrogens (tertiary/aromatic N) is 3. The number of ether oxygens (including phenoxy) is 1. The second-order valence-electron chi connectivity index (χ2n) is 7.64. The molecule has 0 unspecified atom stereocenters. The summed E-state index contributed by atoms with van der Waals surface area (Å²) in [6, 6.07) is 13.6. The Bertz CT molecular complexity index is 726. The molecule has 5 heteroatoms. The van der Waals surface area contributed by atoms with Gasteiger partial charge in [0.25, 0.3) is 5.91 Å². The van der Waals surface area contributed by atoms with E-state index in [9.17, 15) is 4.79 Å². The van der Waals surface area contributed by atoms with Crippen LogP contribution in [-0.2, 0) is 6.42 Å². The Kier molecular flexibility index (Phi) is 8.50. The molecule has 156 valence electrons. The molecule has 1 aromatic heterocycles. The molecule has 1 saturated heterocycles. The van der Waals surface area contributed by atoms with Crippen LogP contribution < -0.4 is 4.74 Å². The summed E-state index contributed by atoms with van der Waals surface area (Å²) in [5.41, 5.74) is 1.86. The van der Waals surface area contributed by atoms with Gasteiger partial charge in [-0.3, -0.25) is 14.7 Å². The molecular formula is C24H33N3O2. The van der Waals surface area contributed by atoms with Gasteiger partial charge in [0.15, 0.2) is 0 Å². The summed E-state index contributed by atoms with van der Waals surface area (Å²) in [5, 5.41) is 0. The molecule has 0 saturated carbocycles. The van der Waals surface area contributed by atoms with Gasteiger partial charge in [-0.1, -0.05) is 32.3 Å². The van der Waals surface area contributed by atoms with Gasteiger partial charge in [-0.25, -0.2) is 0 Å². The number of hydrogen-bond acceptors (Lipinski definition) is 4. The molecule has 1 aliphatic heterocycles. The average Bonchev–Trinajstić information content (AvgIpc) is 2.78. The lowest BCUT2D eigenvalue weighted by Gasteiger charge is -2.34. The van der Waals surface area contributed by atoms with Crippen molar-refractivity contribution in [3.8, 4) is 5.75 Å². The third-order valence-electron chi connectivity index (χ3n) is 5.44. The smallest absolute Gasteiger partial charge is 0.253 e. The minimum Gasteiger partial charge on any atom is -0.494 e. The van der Waals surface area contributed by atoms with E-state index >= 15 is 0 Å². The van der Waals surface area contributed by atoms with Gasteiger partial charge in [-0.15, -0.1) is 0 Å². The van der Waals surface area contributed by atoms with Crippen molar-refractivity contribution < 1.29 is 9.53 Å². The number of hydrogen-bond donors (Lipinski definition) is 0. The van der Waals surface area contributed by atoms with Crippen LogP contribution in [0.25, 0.3) is 0 Å². The van der Waals surface area contributed by atoms with E-state index in [1.54, 1.807) is 0 Å². The average molecular weight is 396 g/mol. The maximum absolute atomic E-state index is 12.8. The quantitative estimate of drug-likeness (QED) is 0.570. The zero-order valence-corrected chi connectivity index (χ0v) is 17.6. The molecule has 3 rings (SSSR count). The molecule has 29 heavy (non-hydrogen) atoms. The fraction of sp³-hybridized carbons (Fsp3) is 0.500. The number of piperazine rings is 1. The van der Waals surface area contributed by atoms with Crippen LogP contribution in [0.15, 0.2) is 48.7 Å². The molecular weight excluding hydrogens is 362 g/mol. The molecule has 0 radical (unpaired) electrons. The normalized spacial score (nSPS) is 14.7. The van der Waals surface area contributed by atoms with Crippen LogP contribution >= 0.6 is 0 Å². The molecule has 1 fully saturated rings. The SMILES string of the molecule is CCCCCCOc1ccc(C(=O)N2CCN(CCc3ccccn3)CC2)cc1. The van der Waals surface area contributed by atoms with E-state index in [0.29, 0.717) is 0 Å². The maximum atomic E-state index is 12.8. The lowest BCUT2D eigenvalue weighted by molar-refractivity contribution is 0.0638. The van der Waals surface area contributed by atoms with E-state index in [1.807, 2.05) is 47.5 Å². The molecule has 1 amide bonds. The van der Waals surface area contributed by atoms with Gasteiger partial charge in [-0.2, -0.15) is 0 Å². The Balaban J connectivity index is 1.39. The number of benzene rings is 1. The summed E-state index contributed by atoms with van der Waals surface area (Å²) in [4.78, 5) is 21.5. The second kappa shape index (κ2) is 11.6. The monoisotopic (exact) mass is 395 g/mol. The van der Waals surface area contributed by atoms with E-state index in [4.69, 9.17) is 4.74 Å². The molecule has 2 aromatic rings. The van der Waals surface area contributed by atoms with Crippen LogP contribution in [-0.4, -0.2) is 60.0 Å². The van der Waals surface area contributed by atoms with Crippen LogP contribution in [0, 0.1) is 0 Å². The zero-order valence-electron chi connectivity index (χ0n) is 17.6. The second-order valence-corrected chi connectivity index (χ2v) is 7.64. The van der Waals surface area contributed by atoms with Crippen LogP contribution in [0.3, 0.4) is 0 Å². The summed E-state index contributed by atoms with van der Waals surface area (Å²) in [5.74, 6) is 0.960. The predicted molar refractivity (Wildman–Crippen MR) is 116 cm³/mol. The summed E-state index contributed by atoms with van der Waals surface area (Å²) >= 11 is 0. The number of unbranched alkanes of at least 4 members (excludes halogenated alkanes) is 3. The first-order chi connectivity index (χ1) is 14.3. The number of amides is 1. The molecule has 1 aromatic carbocycles. The van der Waals surface area contributed by atoms with Crippen molar-refractivity contribution in [1.82, 2.24) is 14.8 Å². The van der Waals surface area contributed by atoms with E-state index in [2.05, 4.69) is 22.9 Å². The first-order valence-corrected chi connectivity index (χ1v) is 10.9. The third kappa shape index (κ3) is 6.86. The minimum absolute atomic E-state index is 0.115. The number of carbonyl (C=O) groups is 1. The molecule has 0 atom stereocenters. The summed E-state index contributed by atoms with van der Waals surface area (Å²) in [7, 11) is 0. The molecule has 0 bridgehead atoms. The first-order valence-electron chi connectivity index (χ1n) is 10.9. The summed E-state index contributed by atoms with van der Waals surface area (Å²) < 4.78 is 5.77.